The molecule has 140 valence electrons. The Morgan fingerprint density at radius 3 is 2.22 bits per heavy atom. The predicted molar refractivity (Wildman–Crippen MR) is 104 cm³/mol. The van der Waals surface area contributed by atoms with Crippen LogP contribution in [0.2, 0.25) is 0 Å². The standard InChI is InChI=1S/C24H26O3/c25-20-15-21(19-11-9-18(10-12-19)17-7-3-1-4-8-17)23-22(16-20)26-24(27-23)13-5-2-6-14-24/h1,3-4,7-12,21-23H,2,5-6,13-16H2/t21-,22+,23-/m0/s1. The first-order valence-electron chi connectivity index (χ1n) is 10.3. The molecule has 3 fully saturated rings. The molecule has 2 aromatic rings. The Hall–Kier alpha value is -1.97. The maximum atomic E-state index is 12.4. The van der Waals surface area contributed by atoms with Crippen molar-refractivity contribution in [2.75, 3.05) is 0 Å². The highest BCUT2D eigenvalue weighted by Crippen LogP contribution is 2.48. The summed E-state index contributed by atoms with van der Waals surface area (Å²) in [6.07, 6.45) is 6.49. The number of hydrogen-bond acceptors (Lipinski definition) is 3. The van der Waals surface area contributed by atoms with Crippen molar-refractivity contribution in [2.45, 2.75) is 68.9 Å². The van der Waals surface area contributed by atoms with Crippen molar-refractivity contribution in [1.29, 1.82) is 0 Å². The Bertz CT molecular complexity index is 805. The quantitative estimate of drug-likeness (QED) is 0.732. The number of ether oxygens (including phenoxy) is 2. The van der Waals surface area contributed by atoms with E-state index in [0.717, 1.165) is 25.7 Å². The molecule has 0 radical (unpaired) electrons. The number of rotatable bonds is 2. The van der Waals surface area contributed by atoms with Gasteiger partial charge in [0.25, 0.3) is 0 Å². The van der Waals surface area contributed by atoms with Gasteiger partial charge in [-0.3, -0.25) is 4.79 Å². The molecule has 27 heavy (non-hydrogen) atoms. The number of carbonyl (C=O) groups excluding carboxylic acids is 1. The maximum Gasteiger partial charge on any atom is 0.169 e. The van der Waals surface area contributed by atoms with Gasteiger partial charge < -0.3 is 9.47 Å². The van der Waals surface area contributed by atoms with Gasteiger partial charge in [-0.05, 0) is 29.5 Å². The minimum atomic E-state index is -0.430. The molecule has 0 amide bonds. The van der Waals surface area contributed by atoms with Gasteiger partial charge in [0.1, 0.15) is 5.78 Å². The van der Waals surface area contributed by atoms with Crippen LogP contribution in [0.25, 0.3) is 11.1 Å². The molecule has 5 rings (SSSR count). The second kappa shape index (κ2) is 6.88. The van der Waals surface area contributed by atoms with Crippen molar-refractivity contribution in [3.05, 3.63) is 60.2 Å². The number of hydrogen-bond donors (Lipinski definition) is 0. The summed E-state index contributed by atoms with van der Waals surface area (Å²) >= 11 is 0. The van der Waals surface area contributed by atoms with Crippen molar-refractivity contribution >= 4 is 5.78 Å². The van der Waals surface area contributed by atoms with E-state index >= 15 is 0 Å². The average molecular weight is 362 g/mol. The molecular formula is C24H26O3. The first kappa shape index (κ1) is 17.2. The third kappa shape index (κ3) is 3.24. The van der Waals surface area contributed by atoms with Crippen LogP contribution in [0.5, 0.6) is 0 Å². The molecule has 3 heteroatoms. The van der Waals surface area contributed by atoms with Crippen LogP contribution in [0.15, 0.2) is 54.6 Å². The van der Waals surface area contributed by atoms with Crippen molar-refractivity contribution in [1.82, 2.24) is 0 Å². The Morgan fingerprint density at radius 2 is 1.48 bits per heavy atom. The van der Waals surface area contributed by atoms with Crippen molar-refractivity contribution in [3.8, 4) is 11.1 Å². The molecule has 0 N–H and O–H groups in total. The molecule has 2 aromatic carbocycles. The summed E-state index contributed by atoms with van der Waals surface area (Å²) < 4.78 is 12.9. The summed E-state index contributed by atoms with van der Waals surface area (Å²) in [4.78, 5) is 12.4. The summed E-state index contributed by atoms with van der Waals surface area (Å²) in [6, 6.07) is 19.0. The lowest BCUT2D eigenvalue weighted by atomic mass is 9.79. The van der Waals surface area contributed by atoms with Crippen LogP contribution in [-0.4, -0.2) is 23.8 Å². The lowest BCUT2D eigenvalue weighted by Crippen LogP contribution is -2.37. The Balaban J connectivity index is 1.41. The lowest BCUT2D eigenvalue weighted by molar-refractivity contribution is -0.194. The number of Topliss-reactive ketones (excluding diaryl/α,β-unsaturated/α-hetero) is 1. The molecule has 0 bridgehead atoms. The molecule has 2 aliphatic carbocycles. The second-order valence-electron chi connectivity index (χ2n) is 8.25. The van der Waals surface area contributed by atoms with Gasteiger partial charge in [0.05, 0.1) is 12.2 Å². The summed E-state index contributed by atoms with van der Waals surface area (Å²) in [7, 11) is 0. The molecule has 3 aliphatic rings. The molecule has 3 nitrogen and oxygen atoms in total. The van der Waals surface area contributed by atoms with Gasteiger partial charge in [-0.25, -0.2) is 0 Å². The molecule has 2 saturated carbocycles. The van der Waals surface area contributed by atoms with E-state index in [-0.39, 0.29) is 18.1 Å². The number of benzene rings is 2. The van der Waals surface area contributed by atoms with Crippen LogP contribution in [0.3, 0.4) is 0 Å². The van der Waals surface area contributed by atoms with Crippen LogP contribution in [0.4, 0.5) is 0 Å². The smallest absolute Gasteiger partial charge is 0.169 e. The normalized spacial score (nSPS) is 29.6. The van der Waals surface area contributed by atoms with Gasteiger partial charge >= 0.3 is 0 Å². The topological polar surface area (TPSA) is 35.5 Å². The number of carbonyl (C=O) groups is 1. The largest absolute Gasteiger partial charge is 0.343 e. The summed E-state index contributed by atoms with van der Waals surface area (Å²) in [6.45, 7) is 0. The fourth-order valence-corrected chi connectivity index (χ4v) is 5.05. The molecule has 0 aromatic heterocycles. The third-order valence-corrected chi connectivity index (χ3v) is 6.42. The van der Waals surface area contributed by atoms with E-state index in [0.29, 0.717) is 18.6 Å². The highest BCUT2D eigenvalue weighted by atomic mass is 16.8. The van der Waals surface area contributed by atoms with Gasteiger partial charge in [0.2, 0.25) is 0 Å². The molecule has 1 saturated heterocycles. The lowest BCUT2D eigenvalue weighted by Gasteiger charge is -2.33. The van der Waals surface area contributed by atoms with Gasteiger partial charge in [0, 0.05) is 31.6 Å². The van der Waals surface area contributed by atoms with E-state index in [9.17, 15) is 4.79 Å². The first-order chi connectivity index (χ1) is 13.2. The monoisotopic (exact) mass is 362 g/mol. The molecule has 1 aliphatic heterocycles. The van der Waals surface area contributed by atoms with E-state index < -0.39 is 5.79 Å². The van der Waals surface area contributed by atoms with E-state index in [1.165, 1.54) is 23.1 Å². The van der Waals surface area contributed by atoms with E-state index in [2.05, 4.69) is 48.5 Å². The third-order valence-electron chi connectivity index (χ3n) is 6.42. The summed E-state index contributed by atoms with van der Waals surface area (Å²) in [5.74, 6) is -0.0346. The van der Waals surface area contributed by atoms with Gasteiger partial charge in [-0.1, -0.05) is 61.0 Å². The summed E-state index contributed by atoms with van der Waals surface area (Å²) in [5, 5.41) is 0. The minimum absolute atomic E-state index is 0.00313. The fourth-order valence-electron chi connectivity index (χ4n) is 5.05. The SMILES string of the molecule is O=C1C[C@H]2OC3(CCCCC3)O[C@H]2[C@H](c2ccc(-c3ccccc3)cc2)C1. The van der Waals surface area contributed by atoms with Crippen molar-refractivity contribution in [3.63, 3.8) is 0 Å². The van der Waals surface area contributed by atoms with Crippen LogP contribution in [-0.2, 0) is 14.3 Å². The zero-order chi connectivity index (χ0) is 18.3. The Kier molecular flexibility index (Phi) is 4.37. The number of fused-ring (bicyclic) bond motifs is 1. The molecule has 3 atom stereocenters. The molecule has 0 unspecified atom stereocenters. The van der Waals surface area contributed by atoms with Crippen LogP contribution in [0.1, 0.15) is 56.4 Å². The zero-order valence-corrected chi connectivity index (χ0v) is 15.6. The number of ketones is 1. The summed E-state index contributed by atoms with van der Waals surface area (Å²) in [5.41, 5.74) is 3.60. The van der Waals surface area contributed by atoms with Crippen LogP contribution < -0.4 is 0 Å². The average Bonchev–Trinajstić information content (AvgIpc) is 3.05. The fraction of sp³-hybridized carbons (Fsp3) is 0.458. The second-order valence-corrected chi connectivity index (χ2v) is 8.25. The molecule has 1 spiro atoms. The Labute approximate surface area is 160 Å². The first-order valence-corrected chi connectivity index (χ1v) is 10.3. The van der Waals surface area contributed by atoms with Gasteiger partial charge in [-0.15, -0.1) is 0 Å². The van der Waals surface area contributed by atoms with Crippen molar-refractivity contribution < 1.29 is 14.3 Å². The minimum Gasteiger partial charge on any atom is -0.343 e. The maximum absolute atomic E-state index is 12.4. The van der Waals surface area contributed by atoms with Crippen LogP contribution >= 0.6 is 0 Å². The molecular weight excluding hydrogens is 336 g/mol. The highest BCUT2D eigenvalue weighted by Gasteiger charge is 2.53. The predicted octanol–water partition coefficient (Wildman–Crippen LogP) is 5.24. The molecule has 1 heterocycles. The Morgan fingerprint density at radius 1 is 0.778 bits per heavy atom. The van der Waals surface area contributed by atoms with E-state index in [4.69, 9.17) is 9.47 Å². The van der Waals surface area contributed by atoms with Crippen molar-refractivity contribution in [2.24, 2.45) is 0 Å². The highest BCUT2D eigenvalue weighted by molar-refractivity contribution is 5.81. The van der Waals surface area contributed by atoms with Gasteiger partial charge in [0.15, 0.2) is 5.79 Å². The van der Waals surface area contributed by atoms with E-state index in [1.54, 1.807) is 0 Å². The van der Waals surface area contributed by atoms with Crippen LogP contribution in [0, 0.1) is 0 Å². The van der Waals surface area contributed by atoms with E-state index in [1.807, 2.05) is 6.07 Å². The van der Waals surface area contributed by atoms with Gasteiger partial charge in [-0.2, -0.15) is 0 Å². The zero-order valence-electron chi connectivity index (χ0n) is 15.6.